The van der Waals surface area contributed by atoms with Crippen LogP contribution in [0.5, 0.6) is 0 Å². The summed E-state index contributed by atoms with van der Waals surface area (Å²) in [5.41, 5.74) is 5.40. The van der Waals surface area contributed by atoms with Crippen LogP contribution in [0.2, 0.25) is 0 Å². The Morgan fingerprint density at radius 3 is 2.29 bits per heavy atom. The van der Waals surface area contributed by atoms with Crippen LogP contribution in [0.25, 0.3) is 0 Å². The molecule has 4 nitrogen and oxygen atoms in total. The Morgan fingerprint density at radius 2 is 1.94 bits per heavy atom. The molecule has 0 heterocycles. The van der Waals surface area contributed by atoms with Gasteiger partial charge in [-0.2, -0.15) is 0 Å². The molecule has 4 heteroatoms. The lowest BCUT2D eigenvalue weighted by Gasteiger charge is -2.42. The van der Waals surface area contributed by atoms with E-state index in [4.69, 9.17) is 10.5 Å². The number of carbonyl (C=O) groups is 1. The molecular weight excluding hydrogens is 216 g/mol. The summed E-state index contributed by atoms with van der Waals surface area (Å²) in [6.07, 6.45) is 3.39. The Balaban J connectivity index is 2.39. The van der Waals surface area contributed by atoms with Crippen LogP contribution in [0.4, 0.5) is 4.79 Å². The molecule has 1 saturated carbocycles. The molecule has 3 N–H and O–H groups in total. The summed E-state index contributed by atoms with van der Waals surface area (Å²) in [6, 6.07) is 0. The van der Waals surface area contributed by atoms with E-state index in [0.717, 1.165) is 0 Å². The molecule has 0 aliphatic heterocycles. The molecule has 1 atom stereocenters. The molecule has 1 unspecified atom stereocenters. The third-order valence-electron chi connectivity index (χ3n) is 3.59. The zero-order valence-electron chi connectivity index (χ0n) is 11.5. The maximum absolute atomic E-state index is 11.6. The maximum Gasteiger partial charge on any atom is 0.407 e. The molecule has 0 saturated heterocycles. The fourth-order valence-corrected chi connectivity index (χ4v) is 2.08. The summed E-state index contributed by atoms with van der Waals surface area (Å²) in [5.74, 6) is 0.641. The van der Waals surface area contributed by atoms with Gasteiger partial charge < -0.3 is 15.8 Å². The van der Waals surface area contributed by atoms with Gasteiger partial charge in [-0.25, -0.2) is 4.79 Å². The molecule has 0 bridgehead atoms. The van der Waals surface area contributed by atoms with E-state index in [1.54, 1.807) is 0 Å². The van der Waals surface area contributed by atoms with Gasteiger partial charge in [-0.15, -0.1) is 0 Å². The minimum Gasteiger partial charge on any atom is -0.444 e. The molecule has 1 rings (SSSR count). The van der Waals surface area contributed by atoms with Crippen molar-refractivity contribution in [3.63, 3.8) is 0 Å². The third-order valence-corrected chi connectivity index (χ3v) is 3.59. The highest BCUT2D eigenvalue weighted by Crippen LogP contribution is 2.40. The molecule has 1 aliphatic rings. The van der Waals surface area contributed by atoms with Crippen LogP contribution in [0.1, 0.15) is 47.0 Å². The van der Waals surface area contributed by atoms with Gasteiger partial charge in [0, 0.05) is 12.0 Å². The number of amides is 1. The quantitative estimate of drug-likeness (QED) is 0.795. The van der Waals surface area contributed by atoms with Gasteiger partial charge in [0.15, 0.2) is 0 Å². The Labute approximate surface area is 104 Å². The van der Waals surface area contributed by atoms with E-state index in [1.165, 1.54) is 19.3 Å². The molecule has 0 aromatic rings. The van der Waals surface area contributed by atoms with Crippen LogP contribution in [0, 0.1) is 11.3 Å². The number of alkyl carbamates (subject to hydrolysis) is 1. The second-order valence-electron chi connectivity index (χ2n) is 6.34. The van der Waals surface area contributed by atoms with Gasteiger partial charge in [0.1, 0.15) is 5.60 Å². The summed E-state index contributed by atoms with van der Waals surface area (Å²) in [4.78, 5) is 11.6. The van der Waals surface area contributed by atoms with Gasteiger partial charge in [-0.1, -0.05) is 13.3 Å². The molecule has 0 aromatic carbocycles. The van der Waals surface area contributed by atoms with Gasteiger partial charge in [0.25, 0.3) is 0 Å². The Hall–Kier alpha value is -0.770. The second-order valence-corrected chi connectivity index (χ2v) is 6.34. The summed E-state index contributed by atoms with van der Waals surface area (Å²) < 4.78 is 5.22. The van der Waals surface area contributed by atoms with Crippen molar-refractivity contribution >= 4 is 6.09 Å². The Bertz CT molecular complexity index is 269. The number of hydrogen-bond acceptors (Lipinski definition) is 3. The first-order valence-electron chi connectivity index (χ1n) is 6.44. The smallest absolute Gasteiger partial charge is 0.407 e. The summed E-state index contributed by atoms with van der Waals surface area (Å²) >= 11 is 0. The number of ether oxygens (including phenoxy) is 1. The largest absolute Gasteiger partial charge is 0.444 e. The van der Waals surface area contributed by atoms with E-state index < -0.39 is 5.60 Å². The van der Waals surface area contributed by atoms with Crippen molar-refractivity contribution in [3.05, 3.63) is 0 Å². The standard InChI is InChI=1S/C13H26N2O2/c1-12(2,3)17-11(16)15-9-13(4,8-14)10-6-5-7-10/h10H,5-9,14H2,1-4H3,(H,15,16). The summed E-state index contributed by atoms with van der Waals surface area (Å²) in [6.45, 7) is 8.94. The lowest BCUT2D eigenvalue weighted by Crippen LogP contribution is -2.48. The van der Waals surface area contributed by atoms with E-state index in [9.17, 15) is 4.79 Å². The monoisotopic (exact) mass is 242 g/mol. The van der Waals surface area contributed by atoms with Gasteiger partial charge in [-0.3, -0.25) is 0 Å². The van der Waals surface area contributed by atoms with Gasteiger partial charge in [-0.05, 0) is 46.1 Å². The van der Waals surface area contributed by atoms with Crippen molar-refractivity contribution in [2.75, 3.05) is 13.1 Å². The first-order chi connectivity index (χ1) is 7.77. The molecule has 0 aromatic heterocycles. The molecule has 1 amide bonds. The summed E-state index contributed by atoms with van der Waals surface area (Å²) in [7, 11) is 0. The molecule has 100 valence electrons. The van der Waals surface area contributed by atoms with E-state index >= 15 is 0 Å². The molecule has 1 fully saturated rings. The van der Waals surface area contributed by atoms with Crippen molar-refractivity contribution in [1.82, 2.24) is 5.32 Å². The normalized spacial score (nSPS) is 20.3. The van der Waals surface area contributed by atoms with Crippen LogP contribution < -0.4 is 11.1 Å². The predicted molar refractivity (Wildman–Crippen MR) is 68.7 cm³/mol. The summed E-state index contributed by atoms with van der Waals surface area (Å²) in [5, 5.41) is 2.84. The van der Waals surface area contributed by atoms with Crippen molar-refractivity contribution in [3.8, 4) is 0 Å². The SMILES string of the molecule is CC(C)(C)OC(=O)NCC(C)(CN)C1CCC1. The molecule has 1 aliphatic carbocycles. The second kappa shape index (κ2) is 5.25. The minimum atomic E-state index is -0.445. The first kappa shape index (κ1) is 14.3. The van der Waals surface area contributed by atoms with Crippen LogP contribution in [-0.4, -0.2) is 24.8 Å². The predicted octanol–water partition coefficient (Wildman–Crippen LogP) is 2.28. The Morgan fingerprint density at radius 1 is 1.35 bits per heavy atom. The van der Waals surface area contributed by atoms with Crippen LogP contribution in [-0.2, 0) is 4.74 Å². The average molecular weight is 242 g/mol. The minimum absolute atomic E-state index is 0.00908. The molecular formula is C13H26N2O2. The van der Waals surface area contributed by atoms with E-state index in [1.807, 2.05) is 20.8 Å². The van der Waals surface area contributed by atoms with Gasteiger partial charge in [0.2, 0.25) is 0 Å². The zero-order valence-corrected chi connectivity index (χ0v) is 11.5. The highest BCUT2D eigenvalue weighted by atomic mass is 16.6. The highest BCUT2D eigenvalue weighted by molar-refractivity contribution is 5.67. The van der Waals surface area contributed by atoms with Crippen LogP contribution in [0.15, 0.2) is 0 Å². The van der Waals surface area contributed by atoms with Crippen molar-refractivity contribution in [2.45, 2.75) is 52.6 Å². The van der Waals surface area contributed by atoms with Crippen LogP contribution >= 0.6 is 0 Å². The topological polar surface area (TPSA) is 64.3 Å². The number of carbonyl (C=O) groups excluding carboxylic acids is 1. The number of nitrogens with one attached hydrogen (secondary N) is 1. The number of rotatable bonds is 4. The number of hydrogen-bond donors (Lipinski definition) is 2. The lowest BCUT2D eigenvalue weighted by molar-refractivity contribution is 0.0447. The van der Waals surface area contributed by atoms with E-state index in [0.29, 0.717) is 19.0 Å². The highest BCUT2D eigenvalue weighted by Gasteiger charge is 2.37. The average Bonchev–Trinajstić information content (AvgIpc) is 2.09. The van der Waals surface area contributed by atoms with Crippen molar-refractivity contribution < 1.29 is 9.53 Å². The maximum atomic E-state index is 11.6. The lowest BCUT2D eigenvalue weighted by atomic mass is 9.66. The molecule has 17 heavy (non-hydrogen) atoms. The van der Waals surface area contributed by atoms with Gasteiger partial charge in [0.05, 0.1) is 0 Å². The van der Waals surface area contributed by atoms with E-state index in [-0.39, 0.29) is 11.5 Å². The fourth-order valence-electron chi connectivity index (χ4n) is 2.08. The van der Waals surface area contributed by atoms with Gasteiger partial charge >= 0.3 is 6.09 Å². The fraction of sp³-hybridized carbons (Fsp3) is 0.923. The van der Waals surface area contributed by atoms with Crippen molar-refractivity contribution in [2.24, 2.45) is 17.1 Å². The number of nitrogens with two attached hydrogens (primary N) is 1. The first-order valence-corrected chi connectivity index (χ1v) is 6.44. The van der Waals surface area contributed by atoms with Crippen molar-refractivity contribution in [1.29, 1.82) is 0 Å². The Kier molecular flexibility index (Phi) is 4.42. The van der Waals surface area contributed by atoms with E-state index in [2.05, 4.69) is 12.2 Å². The van der Waals surface area contributed by atoms with Crippen LogP contribution in [0.3, 0.4) is 0 Å². The molecule has 0 radical (unpaired) electrons. The zero-order chi connectivity index (χ0) is 13.1. The third kappa shape index (κ3) is 4.19. The molecule has 0 spiro atoms.